The summed E-state index contributed by atoms with van der Waals surface area (Å²) in [4.78, 5) is 15.1. The van der Waals surface area contributed by atoms with Gasteiger partial charge in [0.1, 0.15) is 5.82 Å². The molecule has 0 saturated heterocycles. The lowest BCUT2D eigenvalue weighted by Gasteiger charge is -2.11. The van der Waals surface area contributed by atoms with Gasteiger partial charge in [-0.15, -0.1) is 0 Å². The van der Waals surface area contributed by atoms with E-state index in [1.54, 1.807) is 12.1 Å². The minimum Gasteiger partial charge on any atom is -0.466 e. The zero-order valence-electron chi connectivity index (χ0n) is 9.22. The van der Waals surface area contributed by atoms with Gasteiger partial charge in [0, 0.05) is 11.8 Å². The molecule has 1 aromatic rings. The van der Waals surface area contributed by atoms with Crippen LogP contribution in [-0.2, 0) is 9.53 Å². The van der Waals surface area contributed by atoms with E-state index in [1.807, 2.05) is 6.92 Å². The molecule has 16 heavy (non-hydrogen) atoms. The van der Waals surface area contributed by atoms with Gasteiger partial charge < -0.3 is 15.6 Å². The highest BCUT2D eigenvalue weighted by molar-refractivity contribution is 5.70. The summed E-state index contributed by atoms with van der Waals surface area (Å²) in [5.41, 5.74) is 6.03. The van der Waals surface area contributed by atoms with E-state index in [2.05, 4.69) is 4.98 Å². The lowest BCUT2D eigenvalue weighted by atomic mass is 10.1. The third-order valence-corrected chi connectivity index (χ3v) is 2.06. The molecule has 0 spiro atoms. The number of rotatable bonds is 5. The third-order valence-electron chi connectivity index (χ3n) is 2.06. The van der Waals surface area contributed by atoms with Crippen LogP contribution in [0.1, 0.15) is 31.4 Å². The third kappa shape index (κ3) is 3.51. The molecule has 0 radical (unpaired) electrons. The van der Waals surface area contributed by atoms with Crippen LogP contribution in [0.2, 0.25) is 0 Å². The molecule has 0 saturated carbocycles. The Labute approximate surface area is 94.2 Å². The number of carbonyl (C=O) groups excluding carboxylic acids is 1. The molecule has 5 nitrogen and oxygen atoms in total. The molecule has 0 aliphatic rings. The van der Waals surface area contributed by atoms with Gasteiger partial charge in [-0.1, -0.05) is 13.0 Å². The van der Waals surface area contributed by atoms with Crippen molar-refractivity contribution in [3.8, 4) is 0 Å². The summed E-state index contributed by atoms with van der Waals surface area (Å²) < 4.78 is 4.86. The molecule has 0 amide bonds. The Morgan fingerprint density at radius 2 is 2.44 bits per heavy atom. The normalized spacial score (nSPS) is 12.1. The molecular weight excluding hydrogens is 208 g/mol. The molecule has 88 valence electrons. The second-order valence-electron chi connectivity index (χ2n) is 3.42. The van der Waals surface area contributed by atoms with E-state index in [0.29, 0.717) is 12.2 Å². The first-order valence-corrected chi connectivity index (χ1v) is 5.19. The number of hydrogen-bond acceptors (Lipinski definition) is 5. The highest BCUT2D eigenvalue weighted by Crippen LogP contribution is 2.21. The van der Waals surface area contributed by atoms with Crippen molar-refractivity contribution in [3.05, 3.63) is 23.9 Å². The lowest BCUT2D eigenvalue weighted by molar-refractivity contribution is -0.145. The van der Waals surface area contributed by atoms with Crippen LogP contribution in [0.15, 0.2) is 18.3 Å². The van der Waals surface area contributed by atoms with Crippen molar-refractivity contribution >= 4 is 11.8 Å². The Morgan fingerprint density at radius 3 is 3.06 bits per heavy atom. The van der Waals surface area contributed by atoms with Crippen LogP contribution in [0.5, 0.6) is 0 Å². The molecule has 0 bridgehead atoms. The fourth-order valence-corrected chi connectivity index (χ4v) is 1.25. The van der Waals surface area contributed by atoms with Crippen molar-refractivity contribution in [2.75, 3.05) is 12.3 Å². The Hall–Kier alpha value is -1.62. The van der Waals surface area contributed by atoms with Crippen LogP contribution in [0.3, 0.4) is 0 Å². The molecule has 1 rings (SSSR count). The molecule has 1 aromatic heterocycles. The first-order valence-electron chi connectivity index (χ1n) is 5.19. The number of nitrogens with two attached hydrogens (primary N) is 1. The number of anilines is 1. The number of aromatic nitrogens is 1. The maximum Gasteiger partial charge on any atom is 0.308 e. The Morgan fingerprint density at radius 1 is 1.69 bits per heavy atom. The number of nitrogens with zero attached hydrogens (tertiary/aromatic N) is 1. The molecule has 1 unspecified atom stereocenters. The summed E-state index contributed by atoms with van der Waals surface area (Å²) in [6.07, 6.45) is 1.23. The highest BCUT2D eigenvalue weighted by Gasteiger charge is 2.16. The van der Waals surface area contributed by atoms with Crippen LogP contribution in [-0.4, -0.2) is 22.7 Å². The average Bonchev–Trinajstić information content (AvgIpc) is 2.26. The number of aliphatic hydroxyl groups is 1. The van der Waals surface area contributed by atoms with Crippen molar-refractivity contribution in [1.82, 2.24) is 4.98 Å². The van der Waals surface area contributed by atoms with Crippen molar-refractivity contribution in [2.24, 2.45) is 0 Å². The Bertz CT molecular complexity index is 355. The first kappa shape index (κ1) is 12.4. The fourth-order valence-electron chi connectivity index (χ4n) is 1.25. The highest BCUT2D eigenvalue weighted by atomic mass is 16.5. The van der Waals surface area contributed by atoms with Crippen molar-refractivity contribution in [1.29, 1.82) is 0 Å². The van der Waals surface area contributed by atoms with Gasteiger partial charge in [0.25, 0.3) is 0 Å². The molecule has 3 N–H and O–H groups in total. The van der Waals surface area contributed by atoms with Crippen molar-refractivity contribution < 1.29 is 14.6 Å². The predicted octanol–water partition coefficient (Wildman–Crippen LogP) is 1.04. The number of ether oxygens (including phenoxy) is 1. The van der Waals surface area contributed by atoms with Gasteiger partial charge in [-0.2, -0.15) is 0 Å². The van der Waals surface area contributed by atoms with Crippen LogP contribution < -0.4 is 5.73 Å². The van der Waals surface area contributed by atoms with Gasteiger partial charge in [-0.25, -0.2) is 4.98 Å². The second kappa shape index (κ2) is 6.07. The Balaban J connectivity index is 2.55. The number of pyridine rings is 1. The minimum absolute atomic E-state index is 0.101. The van der Waals surface area contributed by atoms with Crippen LogP contribution in [0, 0.1) is 0 Å². The first-order chi connectivity index (χ1) is 7.65. The van der Waals surface area contributed by atoms with E-state index in [9.17, 15) is 9.90 Å². The van der Waals surface area contributed by atoms with Gasteiger partial charge in [-0.3, -0.25) is 4.79 Å². The molecule has 5 heteroatoms. The summed E-state index contributed by atoms with van der Waals surface area (Å²) in [6, 6.07) is 3.30. The van der Waals surface area contributed by atoms with Gasteiger partial charge in [0.15, 0.2) is 0 Å². The van der Waals surface area contributed by atoms with Gasteiger partial charge in [-0.05, 0) is 12.5 Å². The molecule has 1 heterocycles. The van der Waals surface area contributed by atoms with Crippen LogP contribution in [0.25, 0.3) is 0 Å². The molecule has 1 atom stereocenters. The van der Waals surface area contributed by atoms with E-state index in [-0.39, 0.29) is 12.2 Å². The zero-order chi connectivity index (χ0) is 12.0. The van der Waals surface area contributed by atoms with E-state index >= 15 is 0 Å². The van der Waals surface area contributed by atoms with E-state index in [1.165, 1.54) is 6.20 Å². The minimum atomic E-state index is -0.960. The molecule has 0 aromatic carbocycles. The number of aliphatic hydroxyl groups excluding tert-OH is 1. The monoisotopic (exact) mass is 224 g/mol. The molecular formula is C11H16N2O3. The summed E-state index contributed by atoms with van der Waals surface area (Å²) in [7, 11) is 0. The smallest absolute Gasteiger partial charge is 0.308 e. The topological polar surface area (TPSA) is 85.4 Å². The summed E-state index contributed by atoms with van der Waals surface area (Å²) in [5.74, 6) is -0.198. The average molecular weight is 224 g/mol. The maximum absolute atomic E-state index is 11.3. The standard InChI is InChI=1S/C11H16N2O3/c1-2-6-16-10(15)7-9(14)8-4-3-5-13-11(8)12/h3-5,9,14H,2,6-7H2,1H3,(H2,12,13). The number of nitrogen functional groups attached to an aromatic ring is 1. The maximum atomic E-state index is 11.3. The van der Waals surface area contributed by atoms with E-state index in [0.717, 1.165) is 6.42 Å². The van der Waals surface area contributed by atoms with E-state index < -0.39 is 12.1 Å². The summed E-state index contributed by atoms with van der Waals surface area (Å²) in [6.45, 7) is 2.27. The predicted molar refractivity (Wildman–Crippen MR) is 59.5 cm³/mol. The van der Waals surface area contributed by atoms with Gasteiger partial charge in [0.2, 0.25) is 0 Å². The summed E-state index contributed by atoms with van der Waals surface area (Å²) in [5, 5.41) is 9.75. The van der Waals surface area contributed by atoms with E-state index in [4.69, 9.17) is 10.5 Å². The molecule has 0 aliphatic carbocycles. The zero-order valence-corrected chi connectivity index (χ0v) is 9.22. The number of carbonyl (C=O) groups is 1. The van der Waals surface area contributed by atoms with Gasteiger partial charge in [0.05, 0.1) is 19.1 Å². The lowest BCUT2D eigenvalue weighted by Crippen LogP contribution is -2.12. The largest absolute Gasteiger partial charge is 0.466 e. The fraction of sp³-hybridized carbons (Fsp3) is 0.455. The van der Waals surface area contributed by atoms with Crippen molar-refractivity contribution in [3.63, 3.8) is 0 Å². The Kier molecular flexibility index (Phi) is 4.72. The van der Waals surface area contributed by atoms with Gasteiger partial charge >= 0.3 is 5.97 Å². The summed E-state index contributed by atoms with van der Waals surface area (Å²) >= 11 is 0. The SMILES string of the molecule is CCCOC(=O)CC(O)c1cccnc1N. The quantitative estimate of drug-likeness (QED) is 0.730. The van der Waals surface area contributed by atoms with Crippen LogP contribution >= 0.6 is 0 Å². The molecule has 0 fully saturated rings. The van der Waals surface area contributed by atoms with Crippen LogP contribution in [0.4, 0.5) is 5.82 Å². The number of esters is 1. The van der Waals surface area contributed by atoms with Crippen molar-refractivity contribution in [2.45, 2.75) is 25.9 Å². The number of hydrogen-bond donors (Lipinski definition) is 2. The molecule has 0 aliphatic heterocycles. The second-order valence-corrected chi connectivity index (χ2v) is 3.42.